The van der Waals surface area contributed by atoms with Crippen LogP contribution < -0.4 is 5.32 Å². The van der Waals surface area contributed by atoms with Crippen LogP contribution in [0.15, 0.2) is 115 Å². The number of hydrogen-bond donors (Lipinski definition) is 1. The molecule has 0 spiro atoms. The Labute approximate surface area is 160 Å². The molecule has 0 aliphatic rings. The Morgan fingerprint density at radius 2 is 1.04 bits per heavy atom. The SMILES string of the molecule is C(=C(Nc1ccc(-c2ccccc2)cc1)c1ccccc1)c1ccccc1. The van der Waals surface area contributed by atoms with Crippen molar-refractivity contribution in [2.24, 2.45) is 0 Å². The molecule has 130 valence electrons. The number of anilines is 1. The maximum absolute atomic E-state index is 3.58. The van der Waals surface area contributed by atoms with Crippen molar-refractivity contribution < 1.29 is 0 Å². The topological polar surface area (TPSA) is 12.0 Å². The van der Waals surface area contributed by atoms with Crippen LogP contribution in [0.5, 0.6) is 0 Å². The Kier molecular flexibility index (Phi) is 5.12. The van der Waals surface area contributed by atoms with Gasteiger partial charge in [0.05, 0.1) is 0 Å². The van der Waals surface area contributed by atoms with Crippen molar-refractivity contribution in [3.8, 4) is 11.1 Å². The third-order valence-electron chi connectivity index (χ3n) is 4.47. The number of rotatable bonds is 5. The highest BCUT2D eigenvalue weighted by molar-refractivity contribution is 5.88. The summed E-state index contributed by atoms with van der Waals surface area (Å²) in [7, 11) is 0. The zero-order valence-corrected chi connectivity index (χ0v) is 15.0. The fourth-order valence-corrected chi connectivity index (χ4v) is 3.06. The molecular formula is C26H21N. The second-order valence-corrected chi connectivity index (χ2v) is 6.40. The zero-order valence-electron chi connectivity index (χ0n) is 15.0. The Morgan fingerprint density at radius 3 is 1.67 bits per heavy atom. The molecule has 0 bridgehead atoms. The van der Waals surface area contributed by atoms with Crippen molar-refractivity contribution >= 4 is 17.5 Å². The van der Waals surface area contributed by atoms with E-state index in [1.807, 2.05) is 18.2 Å². The predicted octanol–water partition coefficient (Wildman–Crippen LogP) is 6.96. The fourth-order valence-electron chi connectivity index (χ4n) is 3.06. The first-order chi connectivity index (χ1) is 13.4. The van der Waals surface area contributed by atoms with E-state index < -0.39 is 0 Å². The Morgan fingerprint density at radius 1 is 0.519 bits per heavy atom. The van der Waals surface area contributed by atoms with Gasteiger partial charge in [0.2, 0.25) is 0 Å². The van der Waals surface area contributed by atoms with Gasteiger partial charge in [0.15, 0.2) is 0 Å². The van der Waals surface area contributed by atoms with Gasteiger partial charge in [-0.3, -0.25) is 0 Å². The Bertz CT molecular complexity index is 1000. The average Bonchev–Trinajstić information content (AvgIpc) is 2.76. The molecule has 1 heteroatoms. The first-order valence-electron chi connectivity index (χ1n) is 9.13. The molecule has 0 saturated carbocycles. The van der Waals surface area contributed by atoms with Crippen LogP contribution in [-0.4, -0.2) is 0 Å². The van der Waals surface area contributed by atoms with E-state index >= 15 is 0 Å². The summed E-state index contributed by atoms with van der Waals surface area (Å²) in [6.07, 6.45) is 2.18. The summed E-state index contributed by atoms with van der Waals surface area (Å²) in [5.41, 5.74) is 6.93. The lowest BCUT2D eigenvalue weighted by molar-refractivity contribution is 1.53. The summed E-state index contributed by atoms with van der Waals surface area (Å²) >= 11 is 0. The molecule has 0 amide bonds. The molecule has 0 heterocycles. The molecule has 0 aliphatic carbocycles. The van der Waals surface area contributed by atoms with Gasteiger partial charge >= 0.3 is 0 Å². The zero-order chi connectivity index (χ0) is 18.3. The van der Waals surface area contributed by atoms with Crippen molar-refractivity contribution in [1.82, 2.24) is 0 Å². The Hall–Kier alpha value is -3.58. The summed E-state index contributed by atoms with van der Waals surface area (Å²) in [5, 5.41) is 3.58. The van der Waals surface area contributed by atoms with E-state index in [4.69, 9.17) is 0 Å². The summed E-state index contributed by atoms with van der Waals surface area (Å²) in [5.74, 6) is 0. The van der Waals surface area contributed by atoms with Crippen LogP contribution in [0.25, 0.3) is 22.9 Å². The summed E-state index contributed by atoms with van der Waals surface area (Å²) in [6, 6.07) is 39.8. The minimum Gasteiger partial charge on any atom is -0.355 e. The van der Waals surface area contributed by atoms with Crippen molar-refractivity contribution in [3.63, 3.8) is 0 Å². The predicted molar refractivity (Wildman–Crippen MR) is 116 cm³/mol. The van der Waals surface area contributed by atoms with Gasteiger partial charge in [-0.25, -0.2) is 0 Å². The molecule has 4 rings (SSSR count). The molecule has 0 unspecified atom stereocenters. The van der Waals surface area contributed by atoms with Crippen LogP contribution in [-0.2, 0) is 0 Å². The highest BCUT2D eigenvalue weighted by atomic mass is 14.9. The van der Waals surface area contributed by atoms with Gasteiger partial charge in [-0.15, -0.1) is 0 Å². The lowest BCUT2D eigenvalue weighted by atomic mass is 10.0. The Balaban J connectivity index is 1.63. The monoisotopic (exact) mass is 347 g/mol. The van der Waals surface area contributed by atoms with E-state index in [0.29, 0.717) is 0 Å². The second kappa shape index (κ2) is 8.20. The summed E-state index contributed by atoms with van der Waals surface area (Å²) in [6.45, 7) is 0. The highest BCUT2D eigenvalue weighted by Gasteiger charge is 2.03. The van der Waals surface area contributed by atoms with Crippen LogP contribution in [0.2, 0.25) is 0 Å². The largest absolute Gasteiger partial charge is 0.355 e. The molecule has 0 aliphatic heterocycles. The standard InChI is InChI=1S/C26H21N/c1-4-10-21(11-5-1)20-26(24-14-8-3-9-15-24)27-25-18-16-23(17-19-25)22-12-6-2-7-13-22/h1-20,27H. The van der Waals surface area contributed by atoms with E-state index in [-0.39, 0.29) is 0 Å². The van der Waals surface area contributed by atoms with Gasteiger partial charge in [-0.2, -0.15) is 0 Å². The van der Waals surface area contributed by atoms with Crippen LogP contribution in [0, 0.1) is 0 Å². The van der Waals surface area contributed by atoms with Gasteiger partial charge in [0.1, 0.15) is 0 Å². The van der Waals surface area contributed by atoms with Gasteiger partial charge in [-0.1, -0.05) is 103 Å². The molecule has 0 atom stereocenters. The maximum Gasteiger partial charge on any atom is 0.0463 e. The van der Waals surface area contributed by atoms with Crippen LogP contribution >= 0.6 is 0 Å². The van der Waals surface area contributed by atoms with E-state index in [1.165, 1.54) is 16.7 Å². The average molecular weight is 347 g/mol. The third kappa shape index (κ3) is 4.34. The number of nitrogens with one attached hydrogen (secondary N) is 1. The third-order valence-corrected chi connectivity index (χ3v) is 4.47. The lowest BCUT2D eigenvalue weighted by Gasteiger charge is -2.13. The minimum absolute atomic E-state index is 1.07. The van der Waals surface area contributed by atoms with Crippen molar-refractivity contribution in [2.75, 3.05) is 5.32 Å². The molecule has 27 heavy (non-hydrogen) atoms. The van der Waals surface area contributed by atoms with Crippen molar-refractivity contribution in [3.05, 3.63) is 126 Å². The molecule has 0 aromatic heterocycles. The summed E-state index contributed by atoms with van der Waals surface area (Å²) in [4.78, 5) is 0. The van der Waals surface area contributed by atoms with Gasteiger partial charge < -0.3 is 5.32 Å². The van der Waals surface area contributed by atoms with Crippen molar-refractivity contribution in [1.29, 1.82) is 0 Å². The molecule has 4 aromatic rings. The van der Waals surface area contributed by atoms with E-state index in [1.54, 1.807) is 0 Å². The quantitative estimate of drug-likeness (QED) is 0.385. The smallest absolute Gasteiger partial charge is 0.0463 e. The first kappa shape index (κ1) is 16.9. The van der Waals surface area contributed by atoms with Gasteiger partial charge in [0, 0.05) is 11.4 Å². The molecule has 1 nitrogen and oxygen atoms in total. The summed E-state index contributed by atoms with van der Waals surface area (Å²) < 4.78 is 0. The van der Waals surface area contributed by atoms with Crippen LogP contribution in [0.1, 0.15) is 11.1 Å². The molecule has 4 aromatic carbocycles. The molecule has 0 saturated heterocycles. The molecule has 0 fully saturated rings. The number of benzene rings is 4. The van der Waals surface area contributed by atoms with Crippen LogP contribution in [0.4, 0.5) is 5.69 Å². The minimum atomic E-state index is 1.07. The first-order valence-corrected chi connectivity index (χ1v) is 9.13. The van der Waals surface area contributed by atoms with E-state index in [2.05, 4.69) is 108 Å². The second-order valence-electron chi connectivity index (χ2n) is 6.40. The highest BCUT2D eigenvalue weighted by Crippen LogP contribution is 2.25. The van der Waals surface area contributed by atoms with Gasteiger partial charge in [0.25, 0.3) is 0 Å². The maximum atomic E-state index is 3.58. The van der Waals surface area contributed by atoms with Crippen LogP contribution in [0.3, 0.4) is 0 Å². The number of hydrogen-bond acceptors (Lipinski definition) is 1. The fraction of sp³-hybridized carbons (Fsp3) is 0. The molecule has 1 N–H and O–H groups in total. The molecular weight excluding hydrogens is 326 g/mol. The van der Waals surface area contributed by atoms with Crippen molar-refractivity contribution in [2.45, 2.75) is 0 Å². The van der Waals surface area contributed by atoms with E-state index in [9.17, 15) is 0 Å². The molecule has 0 radical (unpaired) electrons. The van der Waals surface area contributed by atoms with Gasteiger partial charge in [-0.05, 0) is 40.5 Å². The van der Waals surface area contributed by atoms with E-state index in [0.717, 1.165) is 16.9 Å². The normalized spacial score (nSPS) is 11.2. The lowest BCUT2D eigenvalue weighted by Crippen LogP contribution is -1.98.